The van der Waals surface area contributed by atoms with Crippen molar-refractivity contribution in [2.75, 3.05) is 45.3 Å². The molecule has 0 spiro atoms. The van der Waals surface area contributed by atoms with Gasteiger partial charge < -0.3 is 9.64 Å². The molecule has 2 amide bonds. The predicted octanol–water partition coefficient (Wildman–Crippen LogP) is 1.12. The minimum atomic E-state index is -0.375. The minimum absolute atomic E-state index is 0.118. The Kier molecular flexibility index (Phi) is 4.64. The Labute approximate surface area is 146 Å². The van der Waals surface area contributed by atoms with Crippen molar-refractivity contribution in [3.63, 3.8) is 0 Å². The van der Waals surface area contributed by atoms with Gasteiger partial charge in [0.15, 0.2) is 5.11 Å². The molecule has 7 heteroatoms. The number of morpholine rings is 1. The van der Waals surface area contributed by atoms with Crippen LogP contribution >= 0.6 is 12.2 Å². The predicted molar refractivity (Wildman–Crippen MR) is 95.6 cm³/mol. The van der Waals surface area contributed by atoms with Crippen LogP contribution < -0.4 is 4.90 Å². The van der Waals surface area contributed by atoms with E-state index in [1.165, 1.54) is 9.80 Å². The van der Waals surface area contributed by atoms with Gasteiger partial charge in [0.25, 0.3) is 11.8 Å². The highest BCUT2D eigenvalue weighted by Gasteiger charge is 2.35. The fourth-order valence-corrected chi connectivity index (χ4v) is 2.91. The van der Waals surface area contributed by atoms with Gasteiger partial charge in [-0.05, 0) is 36.0 Å². The van der Waals surface area contributed by atoms with E-state index in [1.54, 1.807) is 20.2 Å². The molecule has 0 atom stereocenters. The van der Waals surface area contributed by atoms with Crippen LogP contribution in [0.1, 0.15) is 5.56 Å². The Morgan fingerprint density at radius 1 is 1.00 bits per heavy atom. The number of hydrogen-bond donors (Lipinski definition) is 0. The summed E-state index contributed by atoms with van der Waals surface area (Å²) in [5.41, 5.74) is 2.03. The average molecular weight is 345 g/mol. The third-order valence-electron chi connectivity index (χ3n) is 4.22. The van der Waals surface area contributed by atoms with Crippen LogP contribution in [0.25, 0.3) is 6.08 Å². The molecule has 126 valence electrons. The number of ether oxygens (including phenoxy) is 1. The lowest BCUT2D eigenvalue weighted by Crippen LogP contribution is -2.52. The lowest BCUT2D eigenvalue weighted by molar-refractivity contribution is -0.132. The summed E-state index contributed by atoms with van der Waals surface area (Å²) in [6.45, 7) is 3.19. The molecule has 0 radical (unpaired) electrons. The maximum atomic E-state index is 12.3. The minimum Gasteiger partial charge on any atom is -0.378 e. The van der Waals surface area contributed by atoms with Crippen LogP contribution in [0.2, 0.25) is 0 Å². The standard InChI is InChI=1S/C17H19N3O3S/c1-18-15(21)14(16(22)19(2)17(18)24)11-12-3-5-13(6-4-12)20-7-9-23-10-8-20/h3-6,11H,7-10H2,1-2H3. The zero-order valence-corrected chi connectivity index (χ0v) is 14.5. The first-order valence-electron chi connectivity index (χ1n) is 7.73. The van der Waals surface area contributed by atoms with Crippen molar-refractivity contribution >= 4 is 40.9 Å². The second-order valence-corrected chi connectivity index (χ2v) is 6.13. The summed E-state index contributed by atoms with van der Waals surface area (Å²) in [4.78, 5) is 29.5. The molecule has 2 aliphatic rings. The maximum Gasteiger partial charge on any atom is 0.265 e. The highest BCUT2D eigenvalue weighted by atomic mass is 32.1. The molecule has 0 saturated carbocycles. The van der Waals surface area contributed by atoms with Gasteiger partial charge in [-0.2, -0.15) is 0 Å². The molecule has 2 heterocycles. The zero-order chi connectivity index (χ0) is 17.3. The van der Waals surface area contributed by atoms with E-state index < -0.39 is 0 Å². The summed E-state index contributed by atoms with van der Waals surface area (Å²) in [5, 5.41) is 0.213. The summed E-state index contributed by atoms with van der Waals surface area (Å²) in [6.07, 6.45) is 1.61. The molecule has 2 aliphatic heterocycles. The monoisotopic (exact) mass is 345 g/mol. The van der Waals surface area contributed by atoms with Gasteiger partial charge in [-0.3, -0.25) is 19.4 Å². The fraction of sp³-hybridized carbons (Fsp3) is 0.353. The molecular formula is C17H19N3O3S. The molecule has 0 bridgehead atoms. The summed E-state index contributed by atoms with van der Waals surface area (Å²) in [6, 6.07) is 7.80. The van der Waals surface area contributed by atoms with Crippen LogP contribution in [0.4, 0.5) is 5.69 Å². The average Bonchev–Trinajstić information content (AvgIpc) is 2.63. The van der Waals surface area contributed by atoms with E-state index in [0.717, 1.165) is 37.6 Å². The SMILES string of the molecule is CN1C(=O)C(=Cc2ccc(N3CCOCC3)cc2)C(=O)N(C)C1=S. The Morgan fingerprint density at radius 2 is 1.54 bits per heavy atom. The van der Waals surface area contributed by atoms with Crippen LogP contribution in [0.3, 0.4) is 0 Å². The van der Waals surface area contributed by atoms with Gasteiger partial charge in [-0.15, -0.1) is 0 Å². The van der Waals surface area contributed by atoms with Gasteiger partial charge in [0.05, 0.1) is 13.2 Å². The molecule has 0 N–H and O–H groups in total. The number of hydrogen-bond acceptors (Lipinski definition) is 5. The van der Waals surface area contributed by atoms with E-state index in [2.05, 4.69) is 4.90 Å². The molecule has 2 fully saturated rings. The third kappa shape index (κ3) is 3.05. The number of carbonyl (C=O) groups is 2. The van der Waals surface area contributed by atoms with Gasteiger partial charge in [-0.1, -0.05) is 12.1 Å². The molecule has 0 aliphatic carbocycles. The van der Waals surface area contributed by atoms with Crippen molar-refractivity contribution in [2.45, 2.75) is 0 Å². The quantitative estimate of drug-likeness (QED) is 0.457. The molecule has 3 rings (SSSR count). The number of rotatable bonds is 2. The molecule has 1 aromatic carbocycles. The first kappa shape index (κ1) is 16.6. The number of anilines is 1. The maximum absolute atomic E-state index is 12.3. The smallest absolute Gasteiger partial charge is 0.265 e. The van der Waals surface area contributed by atoms with Crippen LogP contribution in [-0.4, -0.2) is 67.1 Å². The molecule has 1 aromatic rings. The van der Waals surface area contributed by atoms with Crippen molar-refractivity contribution in [1.29, 1.82) is 0 Å². The van der Waals surface area contributed by atoms with Crippen LogP contribution in [-0.2, 0) is 14.3 Å². The van der Waals surface area contributed by atoms with E-state index in [1.807, 2.05) is 24.3 Å². The molecule has 0 aromatic heterocycles. The fourth-order valence-electron chi connectivity index (χ4n) is 2.74. The van der Waals surface area contributed by atoms with Crippen molar-refractivity contribution in [3.8, 4) is 0 Å². The normalized spacial score (nSPS) is 19.2. The van der Waals surface area contributed by atoms with E-state index in [9.17, 15) is 9.59 Å². The van der Waals surface area contributed by atoms with Crippen LogP contribution in [0.5, 0.6) is 0 Å². The summed E-state index contributed by atoms with van der Waals surface area (Å²) >= 11 is 5.08. The lowest BCUT2D eigenvalue weighted by atomic mass is 10.1. The van der Waals surface area contributed by atoms with Crippen molar-refractivity contribution < 1.29 is 14.3 Å². The summed E-state index contributed by atoms with van der Waals surface area (Å²) < 4.78 is 5.35. The largest absolute Gasteiger partial charge is 0.378 e. The third-order valence-corrected chi connectivity index (χ3v) is 4.77. The lowest BCUT2D eigenvalue weighted by Gasteiger charge is -2.31. The Morgan fingerprint density at radius 3 is 2.08 bits per heavy atom. The van der Waals surface area contributed by atoms with Crippen LogP contribution in [0, 0.1) is 0 Å². The van der Waals surface area contributed by atoms with Crippen molar-refractivity contribution in [1.82, 2.24) is 9.80 Å². The topological polar surface area (TPSA) is 53.1 Å². The van der Waals surface area contributed by atoms with Crippen molar-refractivity contribution in [3.05, 3.63) is 35.4 Å². The van der Waals surface area contributed by atoms with E-state index in [4.69, 9.17) is 17.0 Å². The first-order chi connectivity index (χ1) is 11.5. The molecule has 6 nitrogen and oxygen atoms in total. The number of benzene rings is 1. The van der Waals surface area contributed by atoms with Crippen LogP contribution in [0.15, 0.2) is 29.8 Å². The molecular weight excluding hydrogens is 326 g/mol. The van der Waals surface area contributed by atoms with E-state index >= 15 is 0 Å². The number of carbonyl (C=O) groups excluding carboxylic acids is 2. The Hall–Kier alpha value is -2.25. The van der Waals surface area contributed by atoms with Crippen molar-refractivity contribution in [2.24, 2.45) is 0 Å². The van der Waals surface area contributed by atoms with E-state index in [-0.39, 0.29) is 22.5 Å². The Bertz CT molecular complexity index is 682. The second kappa shape index (κ2) is 6.70. The van der Waals surface area contributed by atoms with Gasteiger partial charge in [-0.25, -0.2) is 0 Å². The highest BCUT2D eigenvalue weighted by Crippen LogP contribution is 2.21. The van der Waals surface area contributed by atoms with E-state index in [0.29, 0.717) is 0 Å². The van der Waals surface area contributed by atoms with Gasteiger partial charge in [0, 0.05) is 32.9 Å². The molecule has 24 heavy (non-hydrogen) atoms. The second-order valence-electron chi connectivity index (χ2n) is 5.76. The van der Waals surface area contributed by atoms with Gasteiger partial charge >= 0.3 is 0 Å². The Balaban J connectivity index is 1.83. The van der Waals surface area contributed by atoms with Gasteiger partial charge in [0.2, 0.25) is 0 Å². The number of likely N-dealkylation sites (N-methyl/N-ethyl adjacent to an activating group) is 2. The van der Waals surface area contributed by atoms with Gasteiger partial charge in [0.1, 0.15) is 5.57 Å². The zero-order valence-electron chi connectivity index (χ0n) is 13.7. The molecule has 2 saturated heterocycles. The number of thiocarbonyl (C=S) groups is 1. The summed E-state index contributed by atoms with van der Waals surface area (Å²) in [5.74, 6) is -0.749. The number of amides is 2. The first-order valence-corrected chi connectivity index (χ1v) is 8.14. The highest BCUT2D eigenvalue weighted by molar-refractivity contribution is 7.80. The summed E-state index contributed by atoms with van der Waals surface area (Å²) in [7, 11) is 3.14. The number of nitrogens with zero attached hydrogens (tertiary/aromatic N) is 3. The molecule has 0 unspecified atom stereocenters.